The van der Waals surface area contributed by atoms with E-state index in [0.29, 0.717) is 12.1 Å². The lowest BCUT2D eigenvalue weighted by Crippen LogP contribution is -2.37. The molecule has 0 amide bonds. The van der Waals surface area contributed by atoms with Crippen LogP contribution in [-0.4, -0.2) is 41.1 Å². The van der Waals surface area contributed by atoms with E-state index >= 15 is 0 Å². The van der Waals surface area contributed by atoms with Crippen LogP contribution in [0.1, 0.15) is 37.1 Å². The molecule has 1 saturated carbocycles. The van der Waals surface area contributed by atoms with Gasteiger partial charge < -0.3 is 15.5 Å². The molecule has 3 aromatic rings. The van der Waals surface area contributed by atoms with E-state index < -0.39 is 0 Å². The molecule has 0 unspecified atom stereocenters. The summed E-state index contributed by atoms with van der Waals surface area (Å²) in [5.41, 5.74) is 3.17. The SMILES string of the molecule is Cc1cccc(CN[C@H]2CC[C@@H](Nc3nc(N(C)C)c4ccccc4n3)CC2)n1. The molecular weight excluding hydrogens is 360 g/mol. The second-order valence-electron chi connectivity index (χ2n) is 8.13. The molecule has 6 heteroatoms. The van der Waals surface area contributed by atoms with E-state index in [9.17, 15) is 0 Å². The highest BCUT2D eigenvalue weighted by Gasteiger charge is 2.22. The number of aromatic nitrogens is 3. The molecule has 29 heavy (non-hydrogen) atoms. The van der Waals surface area contributed by atoms with E-state index in [0.717, 1.165) is 66.3 Å². The molecule has 0 spiro atoms. The van der Waals surface area contributed by atoms with E-state index in [1.165, 1.54) is 0 Å². The van der Waals surface area contributed by atoms with Gasteiger partial charge in [-0.05, 0) is 56.9 Å². The van der Waals surface area contributed by atoms with Gasteiger partial charge in [0.1, 0.15) is 5.82 Å². The Kier molecular flexibility index (Phi) is 5.90. The van der Waals surface area contributed by atoms with Crippen molar-refractivity contribution in [1.29, 1.82) is 0 Å². The molecule has 1 aliphatic carbocycles. The van der Waals surface area contributed by atoms with Crippen molar-refractivity contribution in [3.05, 3.63) is 53.9 Å². The van der Waals surface area contributed by atoms with Gasteiger partial charge >= 0.3 is 0 Å². The Morgan fingerprint density at radius 3 is 2.41 bits per heavy atom. The monoisotopic (exact) mass is 390 g/mol. The molecule has 1 aliphatic rings. The Balaban J connectivity index is 1.35. The van der Waals surface area contributed by atoms with Crippen LogP contribution >= 0.6 is 0 Å². The first kappa shape index (κ1) is 19.6. The molecule has 0 radical (unpaired) electrons. The van der Waals surface area contributed by atoms with Crippen molar-refractivity contribution >= 4 is 22.7 Å². The van der Waals surface area contributed by atoms with Crippen molar-refractivity contribution in [1.82, 2.24) is 20.3 Å². The molecule has 152 valence electrons. The molecular formula is C23H30N6. The second kappa shape index (κ2) is 8.74. The maximum Gasteiger partial charge on any atom is 0.225 e. The molecule has 0 aliphatic heterocycles. The molecule has 1 aromatic carbocycles. The van der Waals surface area contributed by atoms with Crippen molar-refractivity contribution in [2.24, 2.45) is 0 Å². The number of nitrogens with one attached hydrogen (secondary N) is 2. The van der Waals surface area contributed by atoms with Gasteiger partial charge in [0, 0.05) is 43.8 Å². The summed E-state index contributed by atoms with van der Waals surface area (Å²) in [6.45, 7) is 2.88. The first-order chi connectivity index (χ1) is 14.1. The Morgan fingerprint density at radius 2 is 1.66 bits per heavy atom. The predicted octanol–water partition coefficient (Wildman–Crippen LogP) is 3.91. The minimum Gasteiger partial charge on any atom is -0.362 e. The fourth-order valence-corrected chi connectivity index (χ4v) is 4.04. The summed E-state index contributed by atoms with van der Waals surface area (Å²) in [6, 6.07) is 15.4. The molecule has 4 rings (SSSR count). The van der Waals surface area contributed by atoms with Crippen LogP contribution in [0, 0.1) is 6.92 Å². The van der Waals surface area contributed by atoms with Gasteiger partial charge in [-0.2, -0.15) is 4.98 Å². The molecule has 2 heterocycles. The number of benzene rings is 1. The quantitative estimate of drug-likeness (QED) is 0.665. The third-order valence-corrected chi connectivity index (χ3v) is 5.58. The summed E-state index contributed by atoms with van der Waals surface area (Å²) in [7, 11) is 4.05. The molecule has 0 atom stereocenters. The first-order valence-corrected chi connectivity index (χ1v) is 10.4. The number of para-hydroxylation sites is 1. The normalized spacial score (nSPS) is 19.3. The Bertz CT molecular complexity index is 962. The van der Waals surface area contributed by atoms with Gasteiger partial charge in [0.05, 0.1) is 11.2 Å². The zero-order chi connectivity index (χ0) is 20.2. The number of nitrogens with zero attached hydrogens (tertiary/aromatic N) is 4. The topological polar surface area (TPSA) is 66.0 Å². The zero-order valence-corrected chi connectivity index (χ0v) is 17.5. The van der Waals surface area contributed by atoms with Crippen molar-refractivity contribution in [2.45, 2.75) is 51.2 Å². The van der Waals surface area contributed by atoms with Gasteiger partial charge in [0.15, 0.2) is 0 Å². The van der Waals surface area contributed by atoms with E-state index in [1.54, 1.807) is 0 Å². The van der Waals surface area contributed by atoms with Crippen molar-refractivity contribution in [3.63, 3.8) is 0 Å². The summed E-state index contributed by atoms with van der Waals surface area (Å²) in [5.74, 6) is 1.69. The van der Waals surface area contributed by atoms with Crippen LogP contribution in [0.5, 0.6) is 0 Å². The molecule has 2 N–H and O–H groups in total. The number of rotatable bonds is 6. The van der Waals surface area contributed by atoms with Gasteiger partial charge in [0.2, 0.25) is 5.95 Å². The predicted molar refractivity (Wildman–Crippen MR) is 119 cm³/mol. The molecule has 1 fully saturated rings. The molecule has 6 nitrogen and oxygen atoms in total. The smallest absolute Gasteiger partial charge is 0.225 e. The molecule has 0 saturated heterocycles. The second-order valence-corrected chi connectivity index (χ2v) is 8.13. The number of anilines is 2. The van der Waals surface area contributed by atoms with Crippen molar-refractivity contribution in [2.75, 3.05) is 24.3 Å². The average Bonchev–Trinajstić information content (AvgIpc) is 2.72. The summed E-state index contributed by atoms with van der Waals surface area (Å²) in [6.07, 6.45) is 4.54. The number of hydrogen-bond donors (Lipinski definition) is 2. The zero-order valence-electron chi connectivity index (χ0n) is 17.5. The van der Waals surface area contributed by atoms with Gasteiger partial charge in [-0.1, -0.05) is 18.2 Å². The van der Waals surface area contributed by atoms with E-state index in [-0.39, 0.29) is 0 Å². The summed E-state index contributed by atoms with van der Waals surface area (Å²) < 4.78 is 0. The van der Waals surface area contributed by atoms with Crippen LogP contribution in [0.3, 0.4) is 0 Å². The van der Waals surface area contributed by atoms with E-state index in [2.05, 4.69) is 44.8 Å². The standard InChI is InChI=1S/C23H30N6/c1-16-7-6-8-19(25-16)15-24-17-11-13-18(14-12-17)26-23-27-21-10-5-4-9-20(21)22(28-23)29(2)3/h4-10,17-18,24H,11-15H2,1-3H3,(H,26,27,28)/t17-,18+. The van der Waals surface area contributed by atoms with E-state index in [1.807, 2.05) is 39.2 Å². The lowest BCUT2D eigenvalue weighted by molar-refractivity contribution is 0.351. The average molecular weight is 391 g/mol. The lowest BCUT2D eigenvalue weighted by atomic mass is 9.91. The van der Waals surface area contributed by atoms with E-state index in [4.69, 9.17) is 9.97 Å². The third kappa shape index (κ3) is 4.82. The highest BCUT2D eigenvalue weighted by atomic mass is 15.2. The summed E-state index contributed by atoms with van der Waals surface area (Å²) >= 11 is 0. The van der Waals surface area contributed by atoms with Crippen LogP contribution in [-0.2, 0) is 6.54 Å². The third-order valence-electron chi connectivity index (χ3n) is 5.58. The number of aryl methyl sites for hydroxylation is 1. The van der Waals surface area contributed by atoms with Crippen LogP contribution in [0.25, 0.3) is 10.9 Å². The Labute approximate surface area is 172 Å². The largest absolute Gasteiger partial charge is 0.362 e. The number of fused-ring (bicyclic) bond motifs is 1. The minimum absolute atomic E-state index is 0.418. The van der Waals surface area contributed by atoms with Crippen molar-refractivity contribution in [3.8, 4) is 0 Å². The van der Waals surface area contributed by atoms with Crippen molar-refractivity contribution < 1.29 is 0 Å². The molecule has 0 bridgehead atoms. The van der Waals surface area contributed by atoms with Crippen LogP contribution < -0.4 is 15.5 Å². The fourth-order valence-electron chi connectivity index (χ4n) is 4.04. The highest BCUT2D eigenvalue weighted by molar-refractivity contribution is 5.90. The fraction of sp³-hybridized carbons (Fsp3) is 0.435. The summed E-state index contributed by atoms with van der Waals surface area (Å²) in [4.78, 5) is 16.2. The summed E-state index contributed by atoms with van der Waals surface area (Å²) in [5, 5.41) is 8.33. The van der Waals surface area contributed by atoms with Crippen LogP contribution in [0.4, 0.5) is 11.8 Å². The van der Waals surface area contributed by atoms with Gasteiger partial charge in [-0.15, -0.1) is 0 Å². The first-order valence-electron chi connectivity index (χ1n) is 10.4. The van der Waals surface area contributed by atoms with Gasteiger partial charge in [-0.25, -0.2) is 4.98 Å². The maximum absolute atomic E-state index is 4.78. The van der Waals surface area contributed by atoms with Gasteiger partial charge in [-0.3, -0.25) is 4.98 Å². The van der Waals surface area contributed by atoms with Crippen LogP contribution in [0.2, 0.25) is 0 Å². The Hall–Kier alpha value is -2.73. The number of hydrogen-bond acceptors (Lipinski definition) is 6. The highest BCUT2D eigenvalue weighted by Crippen LogP contribution is 2.26. The van der Waals surface area contributed by atoms with Gasteiger partial charge in [0.25, 0.3) is 0 Å². The Morgan fingerprint density at radius 1 is 0.897 bits per heavy atom. The number of pyridine rings is 1. The lowest BCUT2D eigenvalue weighted by Gasteiger charge is -2.30. The molecule has 2 aromatic heterocycles. The maximum atomic E-state index is 4.78. The minimum atomic E-state index is 0.418. The van der Waals surface area contributed by atoms with Crippen LogP contribution in [0.15, 0.2) is 42.5 Å².